The zero-order valence-electron chi connectivity index (χ0n) is 7.91. The topological polar surface area (TPSA) is 37.4 Å². The second kappa shape index (κ2) is 5.27. The van der Waals surface area contributed by atoms with Crippen LogP contribution in [0.1, 0.15) is 26.2 Å². The van der Waals surface area contributed by atoms with Gasteiger partial charge in [0.15, 0.2) is 0 Å². The molecule has 0 unspecified atom stereocenters. The second-order valence-electron chi connectivity index (χ2n) is 3.10. The van der Waals surface area contributed by atoms with Gasteiger partial charge in [0.05, 0.1) is 0 Å². The molecule has 4 heteroatoms. The Morgan fingerprint density at radius 1 is 1.62 bits per heavy atom. The molecular weight excluding hydrogens is 186 g/mol. The first-order valence-electron chi connectivity index (χ1n) is 4.67. The molecule has 3 nitrogen and oxygen atoms in total. The summed E-state index contributed by atoms with van der Waals surface area (Å²) in [6, 6.07) is 0. The van der Waals surface area contributed by atoms with Crippen LogP contribution in [0.5, 0.6) is 0 Å². The van der Waals surface area contributed by atoms with Crippen molar-refractivity contribution in [3.63, 3.8) is 0 Å². The summed E-state index contributed by atoms with van der Waals surface area (Å²) in [5, 5.41) is 0.170. The van der Waals surface area contributed by atoms with Gasteiger partial charge < -0.3 is 4.90 Å². The van der Waals surface area contributed by atoms with Crippen molar-refractivity contribution >= 4 is 22.8 Å². The minimum Gasteiger partial charge on any atom is -0.333 e. The number of carbonyl (C=O) groups excluding carboxylic acids is 2. The third-order valence-electron chi connectivity index (χ3n) is 2.12. The zero-order valence-corrected chi connectivity index (χ0v) is 8.73. The number of ketones is 1. The summed E-state index contributed by atoms with van der Waals surface area (Å²) in [7, 11) is 0. The summed E-state index contributed by atoms with van der Waals surface area (Å²) in [5.41, 5.74) is 0. The predicted octanol–water partition coefficient (Wildman–Crippen LogP) is 1.91. The summed E-state index contributed by atoms with van der Waals surface area (Å²) in [6.07, 6.45) is 2.05. The van der Waals surface area contributed by atoms with Crippen molar-refractivity contribution in [1.82, 2.24) is 4.90 Å². The van der Waals surface area contributed by atoms with Crippen LogP contribution in [-0.4, -0.2) is 34.8 Å². The van der Waals surface area contributed by atoms with Gasteiger partial charge in [0.25, 0.3) is 5.24 Å². The van der Waals surface area contributed by atoms with Gasteiger partial charge in [-0.2, -0.15) is 0 Å². The number of rotatable bonds is 5. The molecule has 0 atom stereocenters. The number of thioether (sulfide) groups is 1. The molecule has 0 radical (unpaired) electrons. The van der Waals surface area contributed by atoms with E-state index in [2.05, 4.69) is 0 Å². The van der Waals surface area contributed by atoms with Crippen LogP contribution in [0.25, 0.3) is 0 Å². The maximum absolute atomic E-state index is 11.1. The lowest BCUT2D eigenvalue weighted by Crippen LogP contribution is -2.24. The molecule has 1 fully saturated rings. The maximum atomic E-state index is 11.1. The number of nitrogens with zero attached hydrogens (tertiary/aromatic N) is 1. The Balaban J connectivity index is 2.12. The minimum absolute atomic E-state index is 0.170. The Hall–Kier alpha value is -0.510. The maximum Gasteiger partial charge on any atom is 0.281 e. The van der Waals surface area contributed by atoms with E-state index in [9.17, 15) is 9.59 Å². The molecule has 0 saturated carbocycles. The fourth-order valence-corrected chi connectivity index (χ4v) is 2.12. The quantitative estimate of drug-likeness (QED) is 0.682. The molecular formula is C9H15NO2S. The molecule has 1 aliphatic heterocycles. The van der Waals surface area contributed by atoms with Gasteiger partial charge in [-0.1, -0.05) is 18.7 Å². The van der Waals surface area contributed by atoms with Gasteiger partial charge in [-0.3, -0.25) is 9.59 Å². The van der Waals surface area contributed by atoms with E-state index in [-0.39, 0.29) is 5.24 Å². The number of Topliss-reactive ketones (excluding diaryl/α,β-unsaturated/α-hetero) is 1. The van der Waals surface area contributed by atoms with E-state index in [1.807, 2.05) is 11.8 Å². The van der Waals surface area contributed by atoms with Crippen LogP contribution in [0.2, 0.25) is 0 Å². The Labute approximate surface area is 82.9 Å². The van der Waals surface area contributed by atoms with E-state index in [0.29, 0.717) is 18.6 Å². The molecule has 0 aliphatic carbocycles. The molecule has 1 heterocycles. The second-order valence-corrected chi connectivity index (χ2v) is 4.14. The van der Waals surface area contributed by atoms with Crippen molar-refractivity contribution in [1.29, 1.82) is 0 Å². The molecule has 0 aromatic carbocycles. The molecule has 1 amide bonds. The molecule has 1 aliphatic rings. The summed E-state index contributed by atoms with van der Waals surface area (Å²) in [6.45, 7) is 3.47. The SMILES string of the molecule is CCC(=O)CCCN1CCSC1=O. The summed E-state index contributed by atoms with van der Waals surface area (Å²) >= 11 is 1.37. The molecule has 1 saturated heterocycles. The highest BCUT2D eigenvalue weighted by molar-refractivity contribution is 8.13. The van der Waals surface area contributed by atoms with Gasteiger partial charge in [0.1, 0.15) is 5.78 Å². The van der Waals surface area contributed by atoms with E-state index < -0.39 is 0 Å². The summed E-state index contributed by atoms with van der Waals surface area (Å²) in [5.74, 6) is 1.19. The standard InChI is InChI=1S/C9H15NO2S/c1-2-8(11)4-3-5-10-6-7-13-9(10)12/h2-7H2,1H3. The van der Waals surface area contributed by atoms with Gasteiger partial charge in [0, 0.05) is 31.7 Å². The molecule has 13 heavy (non-hydrogen) atoms. The first kappa shape index (κ1) is 10.6. The Morgan fingerprint density at radius 2 is 2.38 bits per heavy atom. The lowest BCUT2D eigenvalue weighted by atomic mass is 10.2. The Morgan fingerprint density at radius 3 is 2.92 bits per heavy atom. The molecule has 0 N–H and O–H groups in total. The number of amides is 1. The largest absolute Gasteiger partial charge is 0.333 e. The Bertz CT molecular complexity index is 206. The van der Waals surface area contributed by atoms with Crippen molar-refractivity contribution in [2.75, 3.05) is 18.8 Å². The van der Waals surface area contributed by atoms with Crippen LogP contribution in [0, 0.1) is 0 Å². The van der Waals surface area contributed by atoms with Gasteiger partial charge in [0.2, 0.25) is 0 Å². The smallest absolute Gasteiger partial charge is 0.281 e. The van der Waals surface area contributed by atoms with Crippen LogP contribution < -0.4 is 0 Å². The predicted molar refractivity (Wildman–Crippen MR) is 54.0 cm³/mol. The summed E-state index contributed by atoms with van der Waals surface area (Å²) < 4.78 is 0. The average molecular weight is 201 g/mol. The van der Waals surface area contributed by atoms with Crippen molar-refractivity contribution in [2.24, 2.45) is 0 Å². The third-order valence-corrected chi connectivity index (χ3v) is 3.01. The molecule has 0 aromatic rings. The van der Waals surface area contributed by atoms with Crippen LogP contribution in [0.3, 0.4) is 0 Å². The van der Waals surface area contributed by atoms with E-state index in [1.165, 1.54) is 11.8 Å². The molecule has 0 aromatic heterocycles. The highest BCUT2D eigenvalue weighted by atomic mass is 32.2. The fourth-order valence-electron chi connectivity index (χ4n) is 1.27. The van der Waals surface area contributed by atoms with Crippen molar-refractivity contribution in [3.8, 4) is 0 Å². The molecule has 0 spiro atoms. The van der Waals surface area contributed by atoms with Gasteiger partial charge in [-0.25, -0.2) is 0 Å². The van der Waals surface area contributed by atoms with Gasteiger partial charge in [-0.05, 0) is 6.42 Å². The molecule has 74 valence electrons. The first-order valence-corrected chi connectivity index (χ1v) is 5.66. The first-order chi connectivity index (χ1) is 6.24. The third kappa shape index (κ3) is 3.38. The van der Waals surface area contributed by atoms with Gasteiger partial charge >= 0.3 is 0 Å². The number of hydrogen-bond donors (Lipinski definition) is 0. The van der Waals surface area contributed by atoms with Crippen molar-refractivity contribution < 1.29 is 9.59 Å². The van der Waals surface area contributed by atoms with E-state index >= 15 is 0 Å². The highest BCUT2D eigenvalue weighted by Crippen LogP contribution is 2.17. The normalized spacial score (nSPS) is 16.7. The zero-order chi connectivity index (χ0) is 9.68. The monoisotopic (exact) mass is 201 g/mol. The van der Waals surface area contributed by atoms with Crippen LogP contribution in [0.15, 0.2) is 0 Å². The molecule has 0 bridgehead atoms. The average Bonchev–Trinajstić information content (AvgIpc) is 2.52. The lowest BCUT2D eigenvalue weighted by Gasteiger charge is -2.13. The van der Waals surface area contributed by atoms with Gasteiger partial charge in [-0.15, -0.1) is 0 Å². The number of carbonyl (C=O) groups is 2. The molecule has 1 rings (SSSR count). The lowest BCUT2D eigenvalue weighted by molar-refractivity contribution is -0.118. The van der Waals surface area contributed by atoms with Crippen molar-refractivity contribution in [2.45, 2.75) is 26.2 Å². The van der Waals surface area contributed by atoms with Crippen LogP contribution in [-0.2, 0) is 4.79 Å². The Kier molecular flexibility index (Phi) is 4.28. The van der Waals surface area contributed by atoms with E-state index in [1.54, 1.807) is 0 Å². The minimum atomic E-state index is 0.170. The highest BCUT2D eigenvalue weighted by Gasteiger charge is 2.20. The van der Waals surface area contributed by atoms with Crippen LogP contribution in [0.4, 0.5) is 4.79 Å². The fraction of sp³-hybridized carbons (Fsp3) is 0.778. The van der Waals surface area contributed by atoms with Crippen LogP contribution >= 0.6 is 11.8 Å². The van der Waals surface area contributed by atoms with E-state index in [4.69, 9.17) is 0 Å². The van der Waals surface area contributed by atoms with Crippen molar-refractivity contribution in [3.05, 3.63) is 0 Å². The van der Waals surface area contributed by atoms with E-state index in [0.717, 1.165) is 25.3 Å². The summed E-state index contributed by atoms with van der Waals surface area (Å²) in [4.78, 5) is 23.9. The number of hydrogen-bond acceptors (Lipinski definition) is 3.